The van der Waals surface area contributed by atoms with Gasteiger partial charge >= 0.3 is 0 Å². The Kier molecular flexibility index (Phi) is 3.66. The molecule has 1 aromatic carbocycles. The summed E-state index contributed by atoms with van der Waals surface area (Å²) in [4.78, 5) is 16.0. The second kappa shape index (κ2) is 5.39. The topological polar surface area (TPSA) is 71.5 Å². The van der Waals surface area contributed by atoms with E-state index >= 15 is 0 Å². The highest BCUT2D eigenvalue weighted by atomic mass is 16.5. The third kappa shape index (κ3) is 3.01. The number of aromatic nitrogens is 1. The van der Waals surface area contributed by atoms with Gasteiger partial charge in [0.05, 0.1) is 24.6 Å². The highest BCUT2D eigenvalue weighted by Crippen LogP contribution is 2.20. The molecule has 1 heterocycles. The summed E-state index contributed by atoms with van der Waals surface area (Å²) < 4.78 is 4.93. The fraction of sp³-hybridized carbons (Fsp3) is 0.143. The molecule has 0 bridgehead atoms. The number of hydrogen-bond acceptors (Lipinski definition) is 4. The van der Waals surface area contributed by atoms with E-state index < -0.39 is 0 Å². The molecule has 1 aromatic heterocycles. The van der Waals surface area contributed by atoms with Crippen molar-refractivity contribution in [2.75, 3.05) is 12.4 Å². The average Bonchev–Trinajstić information content (AvgIpc) is 2.42. The predicted molar refractivity (Wildman–Crippen MR) is 71.6 cm³/mol. The Balaban J connectivity index is 2.18. The first-order valence-corrected chi connectivity index (χ1v) is 5.71. The molecule has 0 aliphatic rings. The number of nitrogens with zero attached hydrogens (tertiary/aromatic N) is 1. The van der Waals surface area contributed by atoms with E-state index in [2.05, 4.69) is 10.3 Å². The molecule has 0 aliphatic heterocycles. The Hall–Kier alpha value is -2.56. The van der Waals surface area contributed by atoms with E-state index in [1.54, 1.807) is 24.3 Å². The Bertz CT molecular complexity index is 594. The zero-order chi connectivity index (χ0) is 13.8. The molecule has 98 valence electrons. The van der Waals surface area contributed by atoms with Gasteiger partial charge < -0.3 is 15.2 Å². The third-order valence-electron chi connectivity index (χ3n) is 2.60. The molecule has 2 N–H and O–H groups in total. The van der Waals surface area contributed by atoms with Gasteiger partial charge in [0, 0.05) is 6.07 Å². The number of phenols is 1. The first-order valence-electron chi connectivity index (χ1n) is 5.71. The summed E-state index contributed by atoms with van der Waals surface area (Å²) >= 11 is 0. The first-order chi connectivity index (χ1) is 9.10. The quantitative estimate of drug-likeness (QED) is 0.886. The number of pyridine rings is 1. The van der Waals surface area contributed by atoms with Crippen LogP contribution in [0.3, 0.4) is 0 Å². The normalized spacial score (nSPS) is 10.0. The number of nitrogens with one attached hydrogen (secondary N) is 1. The van der Waals surface area contributed by atoms with Crippen LogP contribution >= 0.6 is 0 Å². The standard InChI is InChI=1S/C14H14N2O3/c1-9-3-5-12(17)11(7-9)14(18)16-10-4-6-13(19-2)15-8-10/h3-8,17H,1-2H3,(H,16,18). The SMILES string of the molecule is COc1ccc(NC(=O)c2cc(C)ccc2O)cn1. The van der Waals surface area contributed by atoms with Gasteiger partial charge in [0.25, 0.3) is 5.91 Å². The number of anilines is 1. The summed E-state index contributed by atoms with van der Waals surface area (Å²) in [6.45, 7) is 1.85. The van der Waals surface area contributed by atoms with Crippen LogP contribution in [0.1, 0.15) is 15.9 Å². The molecule has 0 saturated heterocycles. The summed E-state index contributed by atoms with van der Waals surface area (Å²) in [5.74, 6) is 0.0362. The zero-order valence-electron chi connectivity index (χ0n) is 10.7. The molecule has 5 heteroatoms. The number of benzene rings is 1. The highest BCUT2D eigenvalue weighted by molar-refractivity contribution is 6.06. The maximum absolute atomic E-state index is 12.0. The molecule has 0 unspecified atom stereocenters. The lowest BCUT2D eigenvalue weighted by atomic mass is 10.1. The van der Waals surface area contributed by atoms with Crippen molar-refractivity contribution < 1.29 is 14.6 Å². The van der Waals surface area contributed by atoms with Gasteiger partial charge in [-0.1, -0.05) is 11.6 Å². The van der Waals surface area contributed by atoms with E-state index in [4.69, 9.17) is 4.74 Å². The van der Waals surface area contributed by atoms with Crippen LogP contribution in [-0.4, -0.2) is 23.1 Å². The van der Waals surface area contributed by atoms with E-state index in [1.165, 1.54) is 19.4 Å². The van der Waals surface area contributed by atoms with Crippen LogP contribution in [0.15, 0.2) is 36.5 Å². The number of ether oxygens (including phenoxy) is 1. The molecule has 0 fully saturated rings. The second-order valence-corrected chi connectivity index (χ2v) is 4.06. The predicted octanol–water partition coefficient (Wildman–Crippen LogP) is 2.36. The van der Waals surface area contributed by atoms with Crippen molar-refractivity contribution >= 4 is 11.6 Å². The Labute approximate surface area is 110 Å². The molecular weight excluding hydrogens is 244 g/mol. The number of carbonyl (C=O) groups is 1. The molecule has 0 atom stereocenters. The molecule has 0 aliphatic carbocycles. The summed E-state index contributed by atoms with van der Waals surface area (Å²) in [5, 5.41) is 12.3. The molecule has 0 radical (unpaired) electrons. The van der Waals surface area contributed by atoms with Crippen LogP contribution in [0.25, 0.3) is 0 Å². The lowest BCUT2D eigenvalue weighted by molar-refractivity contribution is 0.102. The van der Waals surface area contributed by atoms with Crippen molar-refractivity contribution in [1.82, 2.24) is 4.98 Å². The summed E-state index contributed by atoms with van der Waals surface area (Å²) in [6, 6.07) is 8.18. The van der Waals surface area contributed by atoms with Crippen LogP contribution < -0.4 is 10.1 Å². The number of aromatic hydroxyl groups is 1. The summed E-state index contributed by atoms with van der Waals surface area (Å²) in [6.07, 6.45) is 1.49. The van der Waals surface area contributed by atoms with Crippen molar-refractivity contribution in [2.24, 2.45) is 0 Å². The number of methoxy groups -OCH3 is 1. The summed E-state index contributed by atoms with van der Waals surface area (Å²) in [5.41, 5.74) is 1.67. The molecule has 2 aromatic rings. The fourth-order valence-electron chi connectivity index (χ4n) is 1.61. The van der Waals surface area contributed by atoms with Crippen molar-refractivity contribution in [1.29, 1.82) is 0 Å². The van der Waals surface area contributed by atoms with Crippen LogP contribution in [0.5, 0.6) is 11.6 Å². The average molecular weight is 258 g/mol. The Morgan fingerprint density at radius 3 is 2.74 bits per heavy atom. The van der Waals surface area contributed by atoms with Gasteiger partial charge in [-0.15, -0.1) is 0 Å². The number of hydrogen-bond donors (Lipinski definition) is 2. The Morgan fingerprint density at radius 1 is 1.32 bits per heavy atom. The zero-order valence-corrected chi connectivity index (χ0v) is 10.7. The molecule has 0 spiro atoms. The number of rotatable bonds is 3. The van der Waals surface area contributed by atoms with Crippen LogP contribution in [0, 0.1) is 6.92 Å². The van der Waals surface area contributed by atoms with E-state index in [9.17, 15) is 9.90 Å². The van der Waals surface area contributed by atoms with Crippen LogP contribution in [0.2, 0.25) is 0 Å². The van der Waals surface area contributed by atoms with Crippen molar-refractivity contribution in [3.63, 3.8) is 0 Å². The smallest absolute Gasteiger partial charge is 0.259 e. The lowest BCUT2D eigenvalue weighted by Gasteiger charge is -2.07. The molecule has 2 rings (SSSR count). The number of amides is 1. The minimum absolute atomic E-state index is 0.0513. The third-order valence-corrected chi connectivity index (χ3v) is 2.60. The maximum Gasteiger partial charge on any atom is 0.259 e. The van der Waals surface area contributed by atoms with Gasteiger partial charge in [0.2, 0.25) is 5.88 Å². The fourth-order valence-corrected chi connectivity index (χ4v) is 1.61. The first kappa shape index (κ1) is 12.9. The van der Waals surface area contributed by atoms with Crippen molar-refractivity contribution in [2.45, 2.75) is 6.92 Å². The van der Waals surface area contributed by atoms with Gasteiger partial charge in [-0.3, -0.25) is 4.79 Å². The second-order valence-electron chi connectivity index (χ2n) is 4.06. The van der Waals surface area contributed by atoms with Gasteiger partial charge in [-0.25, -0.2) is 4.98 Å². The van der Waals surface area contributed by atoms with Gasteiger partial charge in [0.15, 0.2) is 0 Å². The van der Waals surface area contributed by atoms with Gasteiger partial charge in [-0.2, -0.15) is 0 Å². The van der Waals surface area contributed by atoms with Crippen molar-refractivity contribution in [3.8, 4) is 11.6 Å². The molecule has 0 saturated carbocycles. The van der Waals surface area contributed by atoms with E-state index in [1.807, 2.05) is 6.92 Å². The number of phenolic OH excluding ortho intramolecular Hbond substituents is 1. The molecule has 19 heavy (non-hydrogen) atoms. The van der Waals surface area contributed by atoms with E-state index in [0.717, 1.165) is 5.56 Å². The number of aryl methyl sites for hydroxylation is 1. The minimum atomic E-state index is -0.381. The lowest BCUT2D eigenvalue weighted by Crippen LogP contribution is -2.12. The molecule has 5 nitrogen and oxygen atoms in total. The molecular formula is C14H14N2O3. The molecule has 1 amide bonds. The maximum atomic E-state index is 12.0. The Morgan fingerprint density at radius 2 is 2.11 bits per heavy atom. The minimum Gasteiger partial charge on any atom is -0.507 e. The van der Waals surface area contributed by atoms with Crippen LogP contribution in [0.4, 0.5) is 5.69 Å². The van der Waals surface area contributed by atoms with Crippen LogP contribution in [-0.2, 0) is 0 Å². The van der Waals surface area contributed by atoms with Crippen molar-refractivity contribution in [3.05, 3.63) is 47.7 Å². The number of carbonyl (C=O) groups excluding carboxylic acids is 1. The summed E-state index contributed by atoms with van der Waals surface area (Å²) in [7, 11) is 1.52. The highest BCUT2D eigenvalue weighted by Gasteiger charge is 2.11. The largest absolute Gasteiger partial charge is 0.507 e. The van der Waals surface area contributed by atoms with E-state index in [0.29, 0.717) is 11.6 Å². The van der Waals surface area contributed by atoms with Gasteiger partial charge in [0.1, 0.15) is 5.75 Å². The van der Waals surface area contributed by atoms with Gasteiger partial charge in [-0.05, 0) is 25.1 Å². The van der Waals surface area contributed by atoms with E-state index in [-0.39, 0.29) is 17.2 Å². The monoisotopic (exact) mass is 258 g/mol.